The van der Waals surface area contributed by atoms with Gasteiger partial charge in [-0.2, -0.15) is 0 Å². The lowest BCUT2D eigenvalue weighted by Gasteiger charge is -2.00. The number of hydrogen-bond acceptors (Lipinski definition) is 3. The number of hydrogen-bond donors (Lipinski definition) is 1. The highest BCUT2D eigenvalue weighted by molar-refractivity contribution is 4.36. The molecule has 0 saturated heterocycles. The van der Waals surface area contributed by atoms with Gasteiger partial charge in [0.05, 0.1) is 6.73 Å². The highest BCUT2D eigenvalue weighted by Gasteiger charge is 1.86. The predicted octanol–water partition coefficient (Wildman–Crippen LogP) is 0.736. The van der Waals surface area contributed by atoms with Gasteiger partial charge in [-0.05, 0) is 19.8 Å². The molecule has 0 aromatic heterocycles. The van der Waals surface area contributed by atoms with Crippen LogP contribution in [0.3, 0.4) is 0 Å². The van der Waals surface area contributed by atoms with Crippen LogP contribution < -0.4 is 5.73 Å². The van der Waals surface area contributed by atoms with E-state index in [1.807, 2.05) is 6.92 Å². The van der Waals surface area contributed by atoms with Gasteiger partial charge < -0.3 is 15.2 Å². The van der Waals surface area contributed by atoms with Crippen molar-refractivity contribution < 1.29 is 9.47 Å². The van der Waals surface area contributed by atoms with Crippen molar-refractivity contribution in [3.63, 3.8) is 0 Å². The van der Waals surface area contributed by atoms with Gasteiger partial charge in [0.25, 0.3) is 0 Å². The molecular weight excluding hydrogens is 130 g/mol. The first-order valence-electron chi connectivity index (χ1n) is 3.77. The van der Waals surface area contributed by atoms with E-state index in [-0.39, 0.29) is 0 Å². The molecule has 3 nitrogen and oxygen atoms in total. The second-order valence-corrected chi connectivity index (χ2v) is 1.98. The summed E-state index contributed by atoms with van der Waals surface area (Å²) in [5.74, 6) is 0. The Bertz CT molecular complexity index is 51.6. The van der Waals surface area contributed by atoms with Gasteiger partial charge in [0.15, 0.2) is 0 Å². The van der Waals surface area contributed by atoms with Crippen molar-refractivity contribution in [3.05, 3.63) is 0 Å². The normalized spacial score (nSPS) is 10.2. The molecule has 0 aliphatic heterocycles. The van der Waals surface area contributed by atoms with Crippen molar-refractivity contribution in [2.45, 2.75) is 19.8 Å². The minimum Gasteiger partial charge on any atom is -0.382 e. The van der Waals surface area contributed by atoms with Crippen LogP contribution >= 0.6 is 0 Å². The van der Waals surface area contributed by atoms with E-state index in [0.717, 1.165) is 32.7 Å². The third kappa shape index (κ3) is 7.88. The van der Waals surface area contributed by atoms with Crippen LogP contribution in [-0.2, 0) is 9.47 Å². The maximum atomic E-state index is 5.13. The van der Waals surface area contributed by atoms with Crippen molar-refractivity contribution >= 4 is 0 Å². The van der Waals surface area contributed by atoms with Crippen LogP contribution in [0.15, 0.2) is 0 Å². The van der Waals surface area contributed by atoms with Gasteiger partial charge in [0, 0.05) is 19.8 Å². The fourth-order valence-electron chi connectivity index (χ4n) is 0.636. The average molecular weight is 147 g/mol. The van der Waals surface area contributed by atoms with Gasteiger partial charge in [-0.1, -0.05) is 0 Å². The van der Waals surface area contributed by atoms with Gasteiger partial charge in [-0.3, -0.25) is 0 Å². The molecule has 0 aliphatic rings. The van der Waals surface area contributed by atoms with E-state index in [1.54, 1.807) is 0 Å². The molecule has 0 fully saturated rings. The van der Waals surface area contributed by atoms with Crippen molar-refractivity contribution in [2.75, 3.05) is 26.6 Å². The summed E-state index contributed by atoms with van der Waals surface area (Å²) < 4.78 is 10.1. The fourth-order valence-corrected chi connectivity index (χ4v) is 0.636. The lowest BCUT2D eigenvalue weighted by molar-refractivity contribution is 0.111. The summed E-state index contributed by atoms with van der Waals surface area (Å²) in [7, 11) is 0. The fraction of sp³-hybridized carbons (Fsp3) is 1.00. The molecule has 0 saturated carbocycles. The first kappa shape index (κ1) is 9.88. The Morgan fingerprint density at radius 1 is 1.10 bits per heavy atom. The van der Waals surface area contributed by atoms with E-state index in [0.29, 0.717) is 6.73 Å². The van der Waals surface area contributed by atoms with Gasteiger partial charge in [0.1, 0.15) is 0 Å². The smallest absolute Gasteiger partial charge is 0.0940 e. The second kappa shape index (κ2) is 8.88. The van der Waals surface area contributed by atoms with Crippen molar-refractivity contribution in [1.29, 1.82) is 0 Å². The monoisotopic (exact) mass is 147 g/mol. The molecule has 0 rings (SSSR count). The zero-order chi connectivity index (χ0) is 7.66. The maximum absolute atomic E-state index is 5.13. The SMILES string of the molecule is CCOCCCCOCN. The molecule has 0 unspecified atom stereocenters. The van der Waals surface area contributed by atoms with E-state index in [4.69, 9.17) is 15.2 Å². The predicted molar refractivity (Wildman–Crippen MR) is 40.7 cm³/mol. The number of nitrogens with two attached hydrogens (primary N) is 1. The van der Waals surface area contributed by atoms with Gasteiger partial charge in [0.2, 0.25) is 0 Å². The lowest BCUT2D eigenvalue weighted by atomic mass is 10.3. The second-order valence-electron chi connectivity index (χ2n) is 1.98. The summed E-state index contributed by atoms with van der Waals surface area (Å²) in [6.07, 6.45) is 2.10. The molecule has 0 heterocycles. The molecule has 0 aromatic rings. The van der Waals surface area contributed by atoms with Crippen LogP contribution in [0.4, 0.5) is 0 Å². The minimum absolute atomic E-state index is 0.328. The molecule has 0 atom stereocenters. The minimum atomic E-state index is 0.328. The Kier molecular flexibility index (Phi) is 8.77. The Hall–Kier alpha value is -0.120. The zero-order valence-corrected chi connectivity index (χ0v) is 6.64. The summed E-state index contributed by atoms with van der Waals surface area (Å²) in [5.41, 5.74) is 5.12. The van der Waals surface area contributed by atoms with Gasteiger partial charge >= 0.3 is 0 Å². The van der Waals surface area contributed by atoms with Gasteiger partial charge in [-0.15, -0.1) is 0 Å². The third-order valence-corrected chi connectivity index (χ3v) is 1.15. The molecule has 0 amide bonds. The molecule has 0 radical (unpaired) electrons. The molecule has 2 N–H and O–H groups in total. The van der Waals surface area contributed by atoms with Crippen LogP contribution in [0, 0.1) is 0 Å². The van der Waals surface area contributed by atoms with E-state index < -0.39 is 0 Å². The number of ether oxygens (including phenoxy) is 2. The first-order chi connectivity index (χ1) is 4.91. The Labute approximate surface area is 62.5 Å². The van der Waals surface area contributed by atoms with E-state index >= 15 is 0 Å². The van der Waals surface area contributed by atoms with Crippen LogP contribution in [0.1, 0.15) is 19.8 Å². The van der Waals surface area contributed by atoms with E-state index in [1.165, 1.54) is 0 Å². The highest BCUT2D eigenvalue weighted by atomic mass is 16.5. The third-order valence-electron chi connectivity index (χ3n) is 1.15. The van der Waals surface area contributed by atoms with Crippen LogP contribution in [0.25, 0.3) is 0 Å². The molecule has 0 aromatic carbocycles. The largest absolute Gasteiger partial charge is 0.382 e. The standard InChI is InChI=1S/C7H17NO2/c1-2-9-5-3-4-6-10-7-8/h2-8H2,1H3. The Morgan fingerprint density at radius 3 is 2.20 bits per heavy atom. The highest BCUT2D eigenvalue weighted by Crippen LogP contribution is 1.89. The number of unbranched alkanes of at least 4 members (excludes halogenated alkanes) is 1. The summed E-state index contributed by atoms with van der Waals surface area (Å²) in [4.78, 5) is 0. The summed E-state index contributed by atoms with van der Waals surface area (Å²) in [5, 5.41) is 0. The molecule has 0 aliphatic carbocycles. The Morgan fingerprint density at radius 2 is 1.70 bits per heavy atom. The average Bonchev–Trinajstić information content (AvgIpc) is 1.97. The first-order valence-corrected chi connectivity index (χ1v) is 3.77. The molecule has 10 heavy (non-hydrogen) atoms. The molecular formula is C7H17NO2. The maximum Gasteiger partial charge on any atom is 0.0940 e. The van der Waals surface area contributed by atoms with Gasteiger partial charge in [-0.25, -0.2) is 0 Å². The molecule has 0 spiro atoms. The molecule has 0 bridgehead atoms. The van der Waals surface area contributed by atoms with Crippen LogP contribution in [0.5, 0.6) is 0 Å². The van der Waals surface area contributed by atoms with Crippen molar-refractivity contribution in [1.82, 2.24) is 0 Å². The number of rotatable bonds is 7. The summed E-state index contributed by atoms with van der Waals surface area (Å²) in [6.45, 7) is 4.72. The lowest BCUT2D eigenvalue weighted by Crippen LogP contribution is -2.06. The van der Waals surface area contributed by atoms with Crippen LogP contribution in [-0.4, -0.2) is 26.6 Å². The van der Waals surface area contributed by atoms with Crippen molar-refractivity contribution in [3.8, 4) is 0 Å². The van der Waals surface area contributed by atoms with Crippen molar-refractivity contribution in [2.24, 2.45) is 5.73 Å². The topological polar surface area (TPSA) is 44.5 Å². The van der Waals surface area contributed by atoms with Crippen LogP contribution in [0.2, 0.25) is 0 Å². The summed E-state index contributed by atoms with van der Waals surface area (Å²) in [6, 6.07) is 0. The summed E-state index contributed by atoms with van der Waals surface area (Å²) >= 11 is 0. The van der Waals surface area contributed by atoms with E-state index in [2.05, 4.69) is 0 Å². The zero-order valence-electron chi connectivity index (χ0n) is 6.64. The molecule has 3 heteroatoms. The van der Waals surface area contributed by atoms with E-state index in [9.17, 15) is 0 Å². The molecule has 62 valence electrons. The quantitative estimate of drug-likeness (QED) is 0.426. The Balaban J connectivity index is 2.65.